The van der Waals surface area contributed by atoms with Gasteiger partial charge in [-0.1, -0.05) is 6.92 Å². The van der Waals surface area contributed by atoms with E-state index in [0.29, 0.717) is 17.3 Å². The molecule has 0 spiro atoms. The van der Waals surface area contributed by atoms with Crippen LogP contribution in [0.4, 0.5) is 0 Å². The molecule has 1 N–H and O–H groups in total. The SMILES string of the molecule is Cc1oc(-c2ccsc2)nc1CC(=O)N(CC(C)C(=O)O)C1CC1. The fourth-order valence-corrected chi connectivity index (χ4v) is 3.19. The monoisotopic (exact) mass is 348 g/mol. The van der Waals surface area contributed by atoms with E-state index in [1.165, 1.54) is 0 Å². The van der Waals surface area contributed by atoms with Gasteiger partial charge < -0.3 is 14.4 Å². The third-order valence-corrected chi connectivity index (χ3v) is 4.86. The van der Waals surface area contributed by atoms with Crippen molar-refractivity contribution >= 4 is 23.2 Å². The number of amides is 1. The van der Waals surface area contributed by atoms with Gasteiger partial charge in [0, 0.05) is 23.5 Å². The van der Waals surface area contributed by atoms with Gasteiger partial charge in [-0.15, -0.1) is 0 Å². The van der Waals surface area contributed by atoms with E-state index >= 15 is 0 Å². The lowest BCUT2D eigenvalue weighted by Crippen LogP contribution is -2.39. The number of carboxylic acids is 1. The zero-order valence-electron chi connectivity index (χ0n) is 13.7. The molecule has 1 amide bonds. The van der Waals surface area contributed by atoms with Crippen LogP contribution in [0.2, 0.25) is 0 Å². The Labute approximate surface area is 144 Å². The van der Waals surface area contributed by atoms with E-state index in [0.717, 1.165) is 18.4 Å². The van der Waals surface area contributed by atoms with Crippen molar-refractivity contribution in [2.75, 3.05) is 6.54 Å². The number of hydrogen-bond acceptors (Lipinski definition) is 5. The summed E-state index contributed by atoms with van der Waals surface area (Å²) in [5.41, 5.74) is 1.52. The number of aryl methyl sites for hydroxylation is 1. The van der Waals surface area contributed by atoms with Crippen LogP contribution < -0.4 is 0 Å². The molecule has 0 aliphatic heterocycles. The first-order chi connectivity index (χ1) is 11.5. The fraction of sp³-hybridized carbons (Fsp3) is 0.471. The second kappa shape index (κ2) is 6.76. The van der Waals surface area contributed by atoms with E-state index in [-0.39, 0.29) is 24.9 Å². The number of aromatic nitrogens is 1. The molecule has 2 aromatic rings. The van der Waals surface area contributed by atoms with E-state index in [9.17, 15) is 9.59 Å². The molecule has 2 aromatic heterocycles. The van der Waals surface area contributed by atoms with Crippen molar-refractivity contribution in [3.8, 4) is 11.5 Å². The predicted octanol–water partition coefficient (Wildman–Crippen LogP) is 2.97. The highest BCUT2D eigenvalue weighted by Gasteiger charge is 2.34. The van der Waals surface area contributed by atoms with E-state index in [2.05, 4.69) is 4.98 Å². The molecule has 2 heterocycles. The second-order valence-corrected chi connectivity index (χ2v) is 7.01. The van der Waals surface area contributed by atoms with Crippen LogP contribution in [0.25, 0.3) is 11.5 Å². The van der Waals surface area contributed by atoms with E-state index in [1.54, 1.807) is 30.1 Å². The second-order valence-electron chi connectivity index (χ2n) is 6.23. The number of carboxylic acid groups (broad SMARTS) is 1. The average Bonchev–Trinajstić information content (AvgIpc) is 3.09. The van der Waals surface area contributed by atoms with Gasteiger partial charge in [-0.3, -0.25) is 9.59 Å². The minimum atomic E-state index is -0.884. The lowest BCUT2D eigenvalue weighted by Gasteiger charge is -2.24. The number of aliphatic carboxylic acids is 1. The number of rotatable bonds is 7. The lowest BCUT2D eigenvalue weighted by molar-refractivity contribution is -0.143. The summed E-state index contributed by atoms with van der Waals surface area (Å²) in [5.74, 6) is -0.390. The highest BCUT2D eigenvalue weighted by atomic mass is 32.1. The molecule has 6 nitrogen and oxygen atoms in total. The van der Waals surface area contributed by atoms with Crippen molar-refractivity contribution in [1.29, 1.82) is 0 Å². The summed E-state index contributed by atoms with van der Waals surface area (Å²) >= 11 is 1.56. The zero-order chi connectivity index (χ0) is 17.3. The zero-order valence-corrected chi connectivity index (χ0v) is 14.5. The molecule has 128 valence electrons. The predicted molar refractivity (Wildman–Crippen MR) is 89.8 cm³/mol. The molecule has 1 aliphatic carbocycles. The minimum absolute atomic E-state index is 0.0844. The first-order valence-corrected chi connectivity index (χ1v) is 8.91. The first kappa shape index (κ1) is 16.7. The van der Waals surface area contributed by atoms with Crippen molar-refractivity contribution < 1.29 is 19.1 Å². The molecular weight excluding hydrogens is 328 g/mol. The molecule has 0 bridgehead atoms. The van der Waals surface area contributed by atoms with Gasteiger partial charge >= 0.3 is 5.97 Å². The third kappa shape index (κ3) is 3.67. The number of thiophene rings is 1. The van der Waals surface area contributed by atoms with Gasteiger partial charge in [0.1, 0.15) is 5.76 Å². The summed E-state index contributed by atoms with van der Waals surface area (Å²) in [6, 6.07) is 2.09. The van der Waals surface area contributed by atoms with Crippen molar-refractivity contribution in [1.82, 2.24) is 9.88 Å². The summed E-state index contributed by atoms with van der Waals surface area (Å²) in [4.78, 5) is 29.9. The highest BCUT2D eigenvalue weighted by molar-refractivity contribution is 7.08. The van der Waals surface area contributed by atoms with E-state index in [4.69, 9.17) is 9.52 Å². The summed E-state index contributed by atoms with van der Waals surface area (Å²) in [7, 11) is 0. The number of carbonyl (C=O) groups is 2. The van der Waals surface area contributed by atoms with Gasteiger partial charge in [-0.2, -0.15) is 11.3 Å². The Morgan fingerprint density at radius 1 is 1.50 bits per heavy atom. The van der Waals surface area contributed by atoms with Crippen LogP contribution in [0.1, 0.15) is 31.2 Å². The normalized spacial score (nSPS) is 15.2. The fourth-order valence-electron chi connectivity index (χ4n) is 2.56. The molecular formula is C17H20N2O4S. The molecule has 1 aliphatic rings. The van der Waals surface area contributed by atoms with E-state index in [1.807, 2.05) is 16.8 Å². The van der Waals surface area contributed by atoms with Crippen LogP contribution >= 0.6 is 11.3 Å². The average molecular weight is 348 g/mol. The van der Waals surface area contributed by atoms with Crippen molar-refractivity contribution in [3.05, 3.63) is 28.3 Å². The molecule has 0 radical (unpaired) electrons. The molecule has 24 heavy (non-hydrogen) atoms. The molecule has 1 saturated carbocycles. The van der Waals surface area contributed by atoms with Gasteiger partial charge in [-0.05, 0) is 31.2 Å². The Balaban J connectivity index is 1.72. The number of carbonyl (C=O) groups excluding carboxylic acids is 1. The number of hydrogen-bond donors (Lipinski definition) is 1. The Morgan fingerprint density at radius 2 is 2.25 bits per heavy atom. The standard InChI is InChI=1S/C17H20N2O4S/c1-10(17(21)22)8-19(13-3-4-13)15(20)7-14-11(2)23-16(18-14)12-5-6-24-9-12/h5-6,9-10,13H,3-4,7-8H2,1-2H3,(H,21,22). The lowest BCUT2D eigenvalue weighted by atomic mass is 10.1. The van der Waals surface area contributed by atoms with Gasteiger partial charge in [0.15, 0.2) is 0 Å². The Morgan fingerprint density at radius 3 is 2.83 bits per heavy atom. The maximum absolute atomic E-state index is 12.7. The summed E-state index contributed by atoms with van der Waals surface area (Å²) < 4.78 is 5.67. The molecule has 3 rings (SSSR count). The van der Waals surface area contributed by atoms with Gasteiger partial charge in [-0.25, -0.2) is 4.98 Å². The molecule has 1 atom stereocenters. The maximum Gasteiger partial charge on any atom is 0.308 e. The maximum atomic E-state index is 12.7. The van der Waals surface area contributed by atoms with Gasteiger partial charge in [0.2, 0.25) is 11.8 Å². The van der Waals surface area contributed by atoms with Crippen molar-refractivity contribution in [2.24, 2.45) is 5.92 Å². The van der Waals surface area contributed by atoms with Crippen LogP contribution in [0.5, 0.6) is 0 Å². The summed E-state index contributed by atoms with van der Waals surface area (Å²) in [6.07, 6.45) is 2.02. The molecule has 0 saturated heterocycles. The van der Waals surface area contributed by atoms with Crippen LogP contribution in [0.15, 0.2) is 21.2 Å². The van der Waals surface area contributed by atoms with Crippen LogP contribution in [-0.2, 0) is 16.0 Å². The highest BCUT2D eigenvalue weighted by Crippen LogP contribution is 2.29. The summed E-state index contributed by atoms with van der Waals surface area (Å²) in [6.45, 7) is 3.67. The smallest absolute Gasteiger partial charge is 0.308 e. The van der Waals surface area contributed by atoms with Crippen molar-refractivity contribution in [2.45, 2.75) is 39.2 Å². The first-order valence-electron chi connectivity index (χ1n) is 7.97. The van der Waals surface area contributed by atoms with Gasteiger partial charge in [0.25, 0.3) is 0 Å². The molecule has 1 unspecified atom stereocenters. The van der Waals surface area contributed by atoms with E-state index < -0.39 is 11.9 Å². The minimum Gasteiger partial charge on any atom is -0.481 e. The topological polar surface area (TPSA) is 83.6 Å². The number of nitrogens with zero attached hydrogens (tertiary/aromatic N) is 2. The van der Waals surface area contributed by atoms with Crippen molar-refractivity contribution in [3.63, 3.8) is 0 Å². The Kier molecular flexibility index (Phi) is 4.71. The Hall–Kier alpha value is -2.15. The van der Waals surface area contributed by atoms with Gasteiger partial charge in [0.05, 0.1) is 18.0 Å². The van der Waals surface area contributed by atoms with Crippen LogP contribution in [-0.4, -0.2) is 39.5 Å². The molecule has 0 aromatic carbocycles. The quantitative estimate of drug-likeness (QED) is 0.832. The van der Waals surface area contributed by atoms with Crippen LogP contribution in [0, 0.1) is 12.8 Å². The Bertz CT molecular complexity index is 734. The summed E-state index contributed by atoms with van der Waals surface area (Å²) in [5, 5.41) is 13.0. The molecule has 1 fully saturated rings. The molecule has 7 heteroatoms. The largest absolute Gasteiger partial charge is 0.481 e. The number of oxazole rings is 1. The third-order valence-electron chi connectivity index (χ3n) is 4.18. The van der Waals surface area contributed by atoms with Crippen LogP contribution in [0.3, 0.4) is 0 Å².